The lowest BCUT2D eigenvalue weighted by Gasteiger charge is -2.31. The molecule has 142 valence electrons. The molecule has 0 radical (unpaired) electrons. The largest absolute Gasteiger partial charge is 0.355 e. The first-order chi connectivity index (χ1) is 11.0. The van der Waals surface area contributed by atoms with E-state index in [4.69, 9.17) is 0 Å². The van der Waals surface area contributed by atoms with Gasteiger partial charge in [-0.15, -0.1) is 24.0 Å². The Morgan fingerprint density at radius 3 is 2.54 bits per heavy atom. The normalized spacial score (nSPS) is 27.3. The Morgan fingerprint density at radius 2 is 2.00 bits per heavy atom. The number of nitrogens with one attached hydrogen (secondary N) is 2. The van der Waals surface area contributed by atoms with Crippen LogP contribution in [0.1, 0.15) is 45.4 Å². The minimum absolute atomic E-state index is 0. The van der Waals surface area contributed by atoms with Gasteiger partial charge >= 0.3 is 0 Å². The molecule has 2 aliphatic carbocycles. The summed E-state index contributed by atoms with van der Waals surface area (Å²) in [6.45, 7) is 2.96. The van der Waals surface area contributed by atoms with Crippen LogP contribution in [0.5, 0.6) is 0 Å². The molecule has 5 nitrogen and oxygen atoms in total. The number of likely N-dealkylation sites (N-methyl/N-ethyl adjacent to an activating group) is 1. The van der Waals surface area contributed by atoms with Crippen LogP contribution in [0.15, 0.2) is 4.99 Å². The summed E-state index contributed by atoms with van der Waals surface area (Å²) in [5.74, 6) is 2.50. The van der Waals surface area contributed by atoms with Crippen LogP contribution in [0.3, 0.4) is 0 Å². The second-order valence-electron chi connectivity index (χ2n) is 7.12. The Labute approximate surface area is 167 Å². The first kappa shape index (κ1) is 22.2. The van der Waals surface area contributed by atoms with Gasteiger partial charge in [0, 0.05) is 47.5 Å². The summed E-state index contributed by atoms with van der Waals surface area (Å²) < 4.78 is 12.1. The Kier molecular flexibility index (Phi) is 10.1. The van der Waals surface area contributed by atoms with Crippen LogP contribution in [0.4, 0.5) is 0 Å². The van der Waals surface area contributed by atoms with Crippen LogP contribution in [0.2, 0.25) is 0 Å². The minimum Gasteiger partial charge on any atom is -0.355 e. The summed E-state index contributed by atoms with van der Waals surface area (Å²) in [5.41, 5.74) is 0. The maximum atomic E-state index is 12.1. The SMILES string of the molecule is CCS(=O)C1CCCC(NC(=NC)NCC(C2CC2)N(C)C)C1.I. The average molecular weight is 470 g/mol. The van der Waals surface area contributed by atoms with Crippen molar-refractivity contribution < 1.29 is 4.21 Å². The van der Waals surface area contributed by atoms with Crippen LogP contribution in [0.25, 0.3) is 0 Å². The van der Waals surface area contributed by atoms with Crippen molar-refractivity contribution >= 4 is 40.7 Å². The number of hydrogen-bond acceptors (Lipinski definition) is 3. The zero-order valence-electron chi connectivity index (χ0n) is 15.6. The monoisotopic (exact) mass is 470 g/mol. The summed E-state index contributed by atoms with van der Waals surface area (Å²) in [6, 6.07) is 0.981. The van der Waals surface area contributed by atoms with Gasteiger partial charge in [-0.3, -0.25) is 9.20 Å². The van der Waals surface area contributed by atoms with E-state index in [-0.39, 0.29) is 24.0 Å². The average Bonchev–Trinajstić information content (AvgIpc) is 3.38. The van der Waals surface area contributed by atoms with Gasteiger partial charge in [0.25, 0.3) is 0 Å². The molecule has 0 aromatic carbocycles. The molecule has 0 aromatic rings. The van der Waals surface area contributed by atoms with Crippen LogP contribution < -0.4 is 10.6 Å². The predicted molar refractivity (Wildman–Crippen MR) is 115 cm³/mol. The van der Waals surface area contributed by atoms with Crippen LogP contribution in [-0.4, -0.2) is 65.8 Å². The molecule has 2 N–H and O–H groups in total. The maximum absolute atomic E-state index is 12.1. The summed E-state index contributed by atoms with van der Waals surface area (Å²) in [4.78, 5) is 6.70. The molecule has 4 atom stereocenters. The molecule has 2 aliphatic rings. The van der Waals surface area contributed by atoms with Crippen LogP contribution in [-0.2, 0) is 10.8 Å². The summed E-state index contributed by atoms with van der Waals surface area (Å²) in [5, 5.41) is 7.41. The van der Waals surface area contributed by atoms with E-state index in [1.807, 2.05) is 14.0 Å². The van der Waals surface area contributed by atoms with Crippen LogP contribution in [0, 0.1) is 5.92 Å². The standard InChI is InChI=1S/C17H34N4OS.HI/c1-5-23(22)15-8-6-7-14(11-15)20-17(18-2)19-12-16(21(3)4)13-9-10-13;/h13-16H,5-12H2,1-4H3,(H2,18,19,20);1H. The number of guanidine groups is 1. The Balaban J connectivity index is 0.00000288. The molecule has 2 saturated carbocycles. The molecule has 0 aliphatic heterocycles. The first-order valence-electron chi connectivity index (χ1n) is 9.05. The minimum atomic E-state index is -0.673. The molecule has 2 fully saturated rings. The van der Waals surface area contributed by atoms with Gasteiger partial charge in [-0.2, -0.15) is 0 Å². The van der Waals surface area contributed by atoms with Crippen LogP contribution >= 0.6 is 24.0 Å². The number of rotatable bonds is 7. The van der Waals surface area contributed by atoms with E-state index in [9.17, 15) is 4.21 Å². The Bertz CT molecular complexity index is 427. The maximum Gasteiger partial charge on any atom is 0.191 e. The van der Waals surface area contributed by atoms with E-state index < -0.39 is 10.8 Å². The zero-order valence-corrected chi connectivity index (χ0v) is 18.7. The van der Waals surface area contributed by atoms with Gasteiger partial charge < -0.3 is 15.5 Å². The number of halogens is 1. The highest BCUT2D eigenvalue weighted by molar-refractivity contribution is 14.0. The number of hydrogen-bond donors (Lipinski definition) is 2. The van der Waals surface area contributed by atoms with Crippen molar-refractivity contribution in [1.29, 1.82) is 0 Å². The summed E-state index contributed by atoms with van der Waals surface area (Å²) in [6.07, 6.45) is 7.12. The topological polar surface area (TPSA) is 56.7 Å². The first-order valence-corrected chi connectivity index (χ1v) is 10.4. The zero-order chi connectivity index (χ0) is 16.8. The number of nitrogens with zero attached hydrogens (tertiary/aromatic N) is 2. The highest BCUT2D eigenvalue weighted by Crippen LogP contribution is 2.34. The molecule has 24 heavy (non-hydrogen) atoms. The molecular formula is C17H35IN4OS. The third-order valence-electron chi connectivity index (χ3n) is 5.15. The van der Waals surface area contributed by atoms with Gasteiger partial charge in [0.15, 0.2) is 5.96 Å². The molecule has 0 heterocycles. The van der Waals surface area contributed by atoms with Crippen molar-refractivity contribution in [3.63, 3.8) is 0 Å². The van der Waals surface area contributed by atoms with E-state index in [0.717, 1.165) is 49.9 Å². The van der Waals surface area contributed by atoms with Gasteiger partial charge in [0.2, 0.25) is 0 Å². The molecule has 0 amide bonds. The van der Waals surface area contributed by atoms with E-state index >= 15 is 0 Å². The molecule has 7 heteroatoms. The van der Waals surface area contributed by atoms with Crippen molar-refractivity contribution in [2.75, 3.05) is 33.4 Å². The van der Waals surface area contributed by atoms with Crippen molar-refractivity contribution in [3.05, 3.63) is 0 Å². The third-order valence-corrected chi connectivity index (χ3v) is 6.90. The Morgan fingerprint density at radius 1 is 1.29 bits per heavy atom. The second-order valence-corrected chi connectivity index (χ2v) is 9.13. The van der Waals surface area contributed by atoms with E-state index in [2.05, 4.69) is 34.6 Å². The second kappa shape index (κ2) is 11.0. The van der Waals surface area contributed by atoms with Gasteiger partial charge in [-0.1, -0.05) is 13.3 Å². The quantitative estimate of drug-likeness (QED) is 0.340. The fraction of sp³-hybridized carbons (Fsp3) is 0.941. The molecular weight excluding hydrogens is 435 g/mol. The van der Waals surface area contributed by atoms with Gasteiger partial charge in [-0.05, 0) is 52.1 Å². The molecule has 0 bridgehead atoms. The highest BCUT2D eigenvalue weighted by atomic mass is 127. The Hall–Kier alpha value is 0.110. The molecule has 4 unspecified atom stereocenters. The van der Waals surface area contributed by atoms with Crippen molar-refractivity contribution in [3.8, 4) is 0 Å². The number of aliphatic imine (C=N–C) groups is 1. The van der Waals surface area contributed by atoms with E-state index in [1.165, 1.54) is 12.8 Å². The summed E-state index contributed by atoms with van der Waals surface area (Å²) in [7, 11) is 5.48. The lowest BCUT2D eigenvalue weighted by molar-refractivity contribution is 0.263. The van der Waals surface area contributed by atoms with Gasteiger partial charge in [-0.25, -0.2) is 0 Å². The van der Waals surface area contributed by atoms with E-state index in [1.54, 1.807) is 0 Å². The van der Waals surface area contributed by atoms with Gasteiger partial charge in [0.1, 0.15) is 0 Å². The highest BCUT2D eigenvalue weighted by Gasteiger charge is 2.32. The van der Waals surface area contributed by atoms with E-state index in [0.29, 0.717) is 17.3 Å². The molecule has 0 spiro atoms. The molecule has 0 saturated heterocycles. The predicted octanol–water partition coefficient (Wildman–Crippen LogP) is 2.19. The molecule has 0 aromatic heterocycles. The van der Waals surface area contributed by atoms with Crippen molar-refractivity contribution in [2.45, 2.75) is 62.8 Å². The summed E-state index contributed by atoms with van der Waals surface area (Å²) >= 11 is 0. The third kappa shape index (κ3) is 6.78. The van der Waals surface area contributed by atoms with Crippen molar-refractivity contribution in [1.82, 2.24) is 15.5 Å². The smallest absolute Gasteiger partial charge is 0.191 e. The lowest BCUT2D eigenvalue weighted by Crippen LogP contribution is -2.50. The molecule has 2 rings (SSSR count). The van der Waals surface area contributed by atoms with Crippen molar-refractivity contribution in [2.24, 2.45) is 10.9 Å². The fourth-order valence-corrected chi connectivity index (χ4v) is 4.94. The fourth-order valence-electron chi connectivity index (χ4n) is 3.59. The van der Waals surface area contributed by atoms with Gasteiger partial charge in [0.05, 0.1) is 0 Å². The lowest BCUT2D eigenvalue weighted by atomic mass is 9.95.